The lowest BCUT2D eigenvalue weighted by Crippen LogP contribution is -1.98. The molecule has 0 fully saturated rings. The van der Waals surface area contributed by atoms with E-state index < -0.39 is 0 Å². The summed E-state index contributed by atoms with van der Waals surface area (Å²) in [6, 6.07) is 60.7. The Bertz CT molecular complexity index is 2930. The maximum atomic E-state index is 8.29. The molecule has 0 bridgehead atoms. The van der Waals surface area contributed by atoms with E-state index in [2.05, 4.69) is 129 Å². The average Bonchev–Trinajstić information content (AvgIpc) is 3.75. The summed E-state index contributed by atoms with van der Waals surface area (Å²) in [5, 5.41) is 4.54. The summed E-state index contributed by atoms with van der Waals surface area (Å²) in [4.78, 5) is 14.5. The van der Waals surface area contributed by atoms with Gasteiger partial charge in [0, 0.05) is 38.5 Å². The smallest absolute Gasteiger partial charge is 0.238 e. The molecule has 0 spiro atoms. The van der Waals surface area contributed by atoms with Crippen LogP contribution in [0.25, 0.3) is 93.7 Å². The third kappa shape index (κ3) is 4.49. The Balaban J connectivity index is 1.38. The summed E-state index contributed by atoms with van der Waals surface area (Å²) in [7, 11) is 0. The van der Waals surface area contributed by atoms with Crippen molar-refractivity contribution in [3.63, 3.8) is 0 Å². The third-order valence-electron chi connectivity index (χ3n) is 9.95. The Kier molecular flexibility index (Phi) is 6.80. The lowest BCUT2D eigenvalue weighted by molar-refractivity contribution is 1.15. The van der Waals surface area contributed by atoms with Crippen LogP contribution in [0.3, 0.4) is 0 Å². The molecule has 0 aliphatic rings. The zero-order chi connectivity index (χ0) is 34.6. The highest BCUT2D eigenvalue weighted by atomic mass is 15.0. The summed E-state index contributed by atoms with van der Waals surface area (Å²) in [5.74, 6) is 0.575. The Morgan fingerprint density at radius 2 is 0.904 bits per heavy atom. The molecule has 10 aromatic rings. The number of hydrogen-bond donors (Lipinski definition) is 0. The predicted molar refractivity (Wildman–Crippen MR) is 213 cm³/mol. The van der Waals surface area contributed by atoms with Gasteiger partial charge in [0.05, 0.1) is 40.0 Å². The molecule has 7 aromatic carbocycles. The van der Waals surface area contributed by atoms with Gasteiger partial charge >= 0.3 is 0 Å². The van der Waals surface area contributed by atoms with Gasteiger partial charge in [-0.1, -0.05) is 140 Å². The van der Waals surface area contributed by atoms with E-state index in [1.165, 1.54) is 10.8 Å². The zero-order valence-electron chi connectivity index (χ0n) is 28.0. The molecule has 5 heteroatoms. The van der Waals surface area contributed by atoms with E-state index in [0.717, 1.165) is 60.9 Å². The molecule has 0 saturated heterocycles. The van der Waals surface area contributed by atoms with Crippen LogP contribution in [0.4, 0.5) is 5.69 Å². The molecule has 52 heavy (non-hydrogen) atoms. The van der Waals surface area contributed by atoms with Crippen LogP contribution in [-0.4, -0.2) is 19.1 Å². The number of fused-ring (bicyclic) bond motifs is 7. The van der Waals surface area contributed by atoms with Crippen LogP contribution in [0.5, 0.6) is 0 Å². The largest absolute Gasteiger partial charge is 0.307 e. The maximum Gasteiger partial charge on any atom is 0.238 e. The lowest BCUT2D eigenvalue weighted by Gasteiger charge is -2.13. The van der Waals surface area contributed by atoms with Crippen LogP contribution in [-0.2, 0) is 0 Å². The number of hydrogen-bond acceptors (Lipinski definition) is 2. The van der Waals surface area contributed by atoms with Gasteiger partial charge in [0.15, 0.2) is 5.82 Å². The van der Waals surface area contributed by atoms with Crippen molar-refractivity contribution in [1.82, 2.24) is 19.1 Å². The first-order chi connectivity index (χ1) is 25.8. The fourth-order valence-electron chi connectivity index (χ4n) is 7.75. The molecule has 242 valence electrons. The molecular formula is C47H29N5. The molecule has 10 rings (SSSR count). The van der Waals surface area contributed by atoms with E-state index in [1.54, 1.807) is 0 Å². The van der Waals surface area contributed by atoms with Crippen LogP contribution in [0.1, 0.15) is 0 Å². The molecule has 0 atom stereocenters. The van der Waals surface area contributed by atoms with Gasteiger partial charge in [-0.3, -0.25) is 0 Å². The summed E-state index contributed by atoms with van der Waals surface area (Å²) in [5.41, 5.74) is 11.0. The molecule has 0 saturated carbocycles. The van der Waals surface area contributed by atoms with Crippen molar-refractivity contribution in [2.45, 2.75) is 0 Å². The summed E-state index contributed by atoms with van der Waals surface area (Å²) in [6.07, 6.45) is 0. The van der Waals surface area contributed by atoms with Gasteiger partial charge in [-0.15, -0.1) is 0 Å². The first-order valence-corrected chi connectivity index (χ1v) is 17.3. The minimum atomic E-state index is 0.439. The molecule has 3 heterocycles. The molecule has 0 aliphatic heterocycles. The van der Waals surface area contributed by atoms with Crippen LogP contribution in [0.2, 0.25) is 0 Å². The Morgan fingerprint density at radius 1 is 0.423 bits per heavy atom. The summed E-state index contributed by atoms with van der Waals surface area (Å²) in [6.45, 7) is 8.29. The zero-order valence-corrected chi connectivity index (χ0v) is 28.0. The first-order valence-electron chi connectivity index (χ1n) is 17.3. The molecule has 0 amide bonds. The number of benzene rings is 7. The van der Waals surface area contributed by atoms with Crippen molar-refractivity contribution >= 4 is 49.3 Å². The average molecular weight is 664 g/mol. The molecule has 0 unspecified atom stereocenters. The third-order valence-corrected chi connectivity index (χ3v) is 9.95. The van der Waals surface area contributed by atoms with E-state index in [4.69, 9.17) is 16.5 Å². The van der Waals surface area contributed by atoms with Gasteiger partial charge in [0.25, 0.3) is 0 Å². The standard InChI is InChI=1S/C47H29N5/c1-48-44-42(31-17-6-2-7-18-31)49-47(50-43(44)32-19-8-3-9-20-32)38-26-16-28-40-41(38)37-30-29-36-35-25-14-15-27-39(35)51(33-21-10-4-11-22-33)45(36)46(37)52(40)34-23-12-5-13-24-34/h2-30H. The summed E-state index contributed by atoms with van der Waals surface area (Å²) < 4.78 is 4.78. The second-order valence-corrected chi connectivity index (χ2v) is 12.9. The topological polar surface area (TPSA) is 40.0 Å². The number of rotatable bonds is 5. The molecule has 0 N–H and O–H groups in total. The fourth-order valence-corrected chi connectivity index (χ4v) is 7.75. The van der Waals surface area contributed by atoms with Crippen molar-refractivity contribution < 1.29 is 0 Å². The lowest BCUT2D eigenvalue weighted by atomic mass is 10.0. The molecule has 3 aromatic heterocycles. The SMILES string of the molecule is [C-]#[N+]c1c(-c2ccccc2)nc(-c2cccc3c2c2ccc4c5ccccc5n(-c5ccccc5)c4c2n3-c2ccccc2)nc1-c1ccccc1. The van der Waals surface area contributed by atoms with Crippen molar-refractivity contribution in [1.29, 1.82) is 0 Å². The van der Waals surface area contributed by atoms with Crippen molar-refractivity contribution in [2.24, 2.45) is 0 Å². The second kappa shape index (κ2) is 11.9. The first kappa shape index (κ1) is 29.6. The van der Waals surface area contributed by atoms with Crippen LogP contribution in [0.15, 0.2) is 176 Å². The van der Waals surface area contributed by atoms with E-state index in [1.807, 2.05) is 60.7 Å². The summed E-state index contributed by atoms with van der Waals surface area (Å²) >= 11 is 0. The van der Waals surface area contributed by atoms with Crippen LogP contribution < -0.4 is 0 Å². The monoisotopic (exact) mass is 663 g/mol. The molecule has 5 nitrogen and oxygen atoms in total. The highest BCUT2D eigenvalue weighted by Crippen LogP contribution is 2.45. The van der Waals surface area contributed by atoms with E-state index in [-0.39, 0.29) is 0 Å². The minimum absolute atomic E-state index is 0.439. The Labute approximate surface area is 300 Å². The van der Waals surface area contributed by atoms with E-state index in [9.17, 15) is 0 Å². The van der Waals surface area contributed by atoms with Crippen molar-refractivity contribution in [3.05, 3.63) is 187 Å². The number of aromatic nitrogens is 4. The highest BCUT2D eigenvalue weighted by molar-refractivity contribution is 6.26. The van der Waals surface area contributed by atoms with Gasteiger partial charge in [0.2, 0.25) is 5.69 Å². The number of nitrogens with zero attached hydrogens (tertiary/aromatic N) is 5. The van der Waals surface area contributed by atoms with Gasteiger partial charge in [-0.2, -0.15) is 0 Å². The normalized spacial score (nSPS) is 11.4. The van der Waals surface area contributed by atoms with Gasteiger partial charge in [-0.25, -0.2) is 14.8 Å². The molecule has 0 radical (unpaired) electrons. The van der Waals surface area contributed by atoms with Crippen molar-refractivity contribution in [3.8, 4) is 45.3 Å². The molecule has 0 aliphatic carbocycles. The minimum Gasteiger partial charge on any atom is -0.307 e. The van der Waals surface area contributed by atoms with Gasteiger partial charge in [0.1, 0.15) is 0 Å². The highest BCUT2D eigenvalue weighted by Gasteiger charge is 2.25. The van der Waals surface area contributed by atoms with Crippen molar-refractivity contribution in [2.75, 3.05) is 0 Å². The fraction of sp³-hybridized carbons (Fsp3) is 0. The van der Waals surface area contributed by atoms with Crippen LogP contribution in [0, 0.1) is 6.57 Å². The molecular weight excluding hydrogens is 635 g/mol. The van der Waals surface area contributed by atoms with Gasteiger partial charge < -0.3 is 9.13 Å². The predicted octanol–water partition coefficient (Wildman–Crippen LogP) is 12.2. The Morgan fingerprint density at radius 3 is 1.50 bits per heavy atom. The van der Waals surface area contributed by atoms with E-state index in [0.29, 0.717) is 22.9 Å². The number of para-hydroxylation sites is 3. The van der Waals surface area contributed by atoms with E-state index >= 15 is 0 Å². The maximum absolute atomic E-state index is 8.29. The second-order valence-electron chi connectivity index (χ2n) is 12.9. The van der Waals surface area contributed by atoms with Crippen LogP contribution >= 0.6 is 0 Å². The quantitative estimate of drug-likeness (QED) is 0.172. The van der Waals surface area contributed by atoms with Gasteiger partial charge in [-0.05, 0) is 47.5 Å². The Hall–Kier alpha value is -7.29.